The highest BCUT2D eigenvalue weighted by molar-refractivity contribution is 7.89. The maximum Gasteiger partial charge on any atom is 0.260 e. The van der Waals surface area contributed by atoms with Gasteiger partial charge < -0.3 is 0 Å². The molecule has 0 fully saturated rings. The van der Waals surface area contributed by atoms with E-state index in [1.165, 1.54) is 16.9 Å². The van der Waals surface area contributed by atoms with Crippen molar-refractivity contribution < 1.29 is 17.6 Å². The molecule has 2 heterocycles. The summed E-state index contributed by atoms with van der Waals surface area (Å²) in [5, 5.41) is 3.01. The second kappa shape index (κ2) is 9.68. The molecule has 0 spiro atoms. The number of thiazole rings is 1. The second-order valence-corrected chi connectivity index (χ2v) is 11.0. The molecule has 1 aliphatic heterocycles. The lowest BCUT2D eigenvalue weighted by Crippen LogP contribution is -2.30. The summed E-state index contributed by atoms with van der Waals surface area (Å²) in [6, 6.07) is 13.0. The molecule has 0 unspecified atom stereocenters. The van der Waals surface area contributed by atoms with Crippen molar-refractivity contribution in [1.29, 1.82) is 0 Å². The normalized spacial score (nSPS) is 14.3. The lowest BCUT2D eigenvalue weighted by Gasteiger charge is -2.25. The fourth-order valence-corrected chi connectivity index (χ4v) is 5.99. The first kappa shape index (κ1) is 23.5. The van der Waals surface area contributed by atoms with Gasteiger partial charge in [0.05, 0.1) is 16.2 Å². The summed E-state index contributed by atoms with van der Waals surface area (Å²) in [6.45, 7) is 5.77. The lowest BCUT2D eigenvalue weighted by atomic mass is 10.1. The number of fused-ring (bicyclic) bond motifs is 1. The molecule has 1 aliphatic rings. The number of nitrogens with one attached hydrogen (secondary N) is 2. The number of carbonyl (C=O) groups excluding carboxylic acids is 1. The van der Waals surface area contributed by atoms with Gasteiger partial charge in [0.1, 0.15) is 5.82 Å². The zero-order chi connectivity index (χ0) is 23.6. The van der Waals surface area contributed by atoms with E-state index in [0.29, 0.717) is 5.13 Å². The molecule has 174 valence electrons. The van der Waals surface area contributed by atoms with Gasteiger partial charge in [-0.25, -0.2) is 22.5 Å². The largest absolute Gasteiger partial charge is 0.298 e. The Labute approximate surface area is 196 Å². The van der Waals surface area contributed by atoms with E-state index in [1.54, 1.807) is 13.8 Å². The minimum absolute atomic E-state index is 0.169. The maximum atomic E-state index is 14.4. The van der Waals surface area contributed by atoms with Crippen LogP contribution in [0.2, 0.25) is 0 Å². The van der Waals surface area contributed by atoms with Crippen molar-refractivity contribution in [2.45, 2.75) is 44.3 Å². The topological polar surface area (TPSA) is 91.4 Å². The van der Waals surface area contributed by atoms with Crippen LogP contribution in [-0.4, -0.2) is 36.8 Å². The summed E-state index contributed by atoms with van der Waals surface area (Å²) in [4.78, 5) is 20.5. The molecular weight excluding hydrogens is 463 g/mol. The summed E-state index contributed by atoms with van der Waals surface area (Å²) < 4.78 is 41.6. The average molecular weight is 489 g/mol. The van der Waals surface area contributed by atoms with E-state index in [0.717, 1.165) is 54.8 Å². The summed E-state index contributed by atoms with van der Waals surface area (Å²) in [6.07, 6.45) is 0.761. The number of rotatable bonds is 7. The van der Waals surface area contributed by atoms with Crippen molar-refractivity contribution in [3.05, 3.63) is 76.0 Å². The Morgan fingerprint density at radius 1 is 1.21 bits per heavy atom. The summed E-state index contributed by atoms with van der Waals surface area (Å²) >= 11 is 1.36. The molecule has 2 aromatic carbocycles. The number of benzene rings is 2. The first-order valence-electron chi connectivity index (χ1n) is 10.6. The van der Waals surface area contributed by atoms with Gasteiger partial charge in [0, 0.05) is 37.0 Å². The fourth-order valence-electron chi connectivity index (χ4n) is 3.67. The first-order chi connectivity index (χ1) is 15.7. The molecule has 0 atom stereocenters. The smallest absolute Gasteiger partial charge is 0.260 e. The van der Waals surface area contributed by atoms with Crippen molar-refractivity contribution in [1.82, 2.24) is 14.6 Å². The average Bonchev–Trinajstić information content (AvgIpc) is 3.15. The van der Waals surface area contributed by atoms with Gasteiger partial charge in [0.25, 0.3) is 5.91 Å². The standard InChI is InChI=1S/C23H25FN4O3S2/c1-15(2)27-33(30,31)17-8-9-19(24)18(12-17)22(29)26-23-25-20-10-11-28(14-21(20)32-23)13-16-6-4-3-5-7-16/h3-9,12,15,27H,10-11,13-14H2,1-2H3,(H,25,26,29). The van der Waals surface area contributed by atoms with Crippen molar-refractivity contribution in [2.75, 3.05) is 11.9 Å². The molecule has 0 radical (unpaired) electrons. The third-order valence-electron chi connectivity index (χ3n) is 5.16. The van der Waals surface area contributed by atoms with E-state index >= 15 is 0 Å². The van der Waals surface area contributed by atoms with Crippen LogP contribution in [0.1, 0.15) is 40.3 Å². The highest BCUT2D eigenvalue weighted by atomic mass is 32.2. The van der Waals surface area contributed by atoms with Crippen LogP contribution in [-0.2, 0) is 29.5 Å². The van der Waals surface area contributed by atoms with Crippen LogP contribution >= 0.6 is 11.3 Å². The SMILES string of the molecule is CC(C)NS(=O)(=O)c1ccc(F)c(C(=O)Nc2nc3c(s2)CN(Cc2ccccc2)CC3)c1. The van der Waals surface area contributed by atoms with Crippen molar-refractivity contribution in [3.63, 3.8) is 0 Å². The van der Waals surface area contributed by atoms with Crippen molar-refractivity contribution in [3.8, 4) is 0 Å². The van der Waals surface area contributed by atoms with Gasteiger partial charge >= 0.3 is 0 Å². The van der Waals surface area contributed by atoms with Gasteiger partial charge in [0.15, 0.2) is 5.13 Å². The second-order valence-electron chi connectivity index (χ2n) is 8.21. The summed E-state index contributed by atoms with van der Waals surface area (Å²) in [5.74, 6) is -1.53. The van der Waals surface area contributed by atoms with Gasteiger partial charge in [-0.15, -0.1) is 11.3 Å². The fraction of sp³-hybridized carbons (Fsp3) is 0.304. The van der Waals surface area contributed by atoms with Crippen LogP contribution in [0.5, 0.6) is 0 Å². The number of halogens is 1. The number of anilines is 1. The Morgan fingerprint density at radius 3 is 2.70 bits per heavy atom. The quantitative estimate of drug-likeness (QED) is 0.528. The molecule has 0 aliphatic carbocycles. The molecule has 0 bridgehead atoms. The number of carbonyl (C=O) groups is 1. The zero-order valence-corrected chi connectivity index (χ0v) is 20.0. The predicted molar refractivity (Wildman–Crippen MR) is 126 cm³/mol. The molecule has 1 amide bonds. The monoisotopic (exact) mass is 488 g/mol. The van der Waals surface area contributed by atoms with Crippen LogP contribution in [0.3, 0.4) is 0 Å². The Morgan fingerprint density at radius 2 is 1.97 bits per heavy atom. The van der Waals surface area contributed by atoms with Gasteiger partial charge in [-0.05, 0) is 37.6 Å². The Bertz CT molecular complexity index is 1260. The van der Waals surface area contributed by atoms with E-state index in [-0.39, 0.29) is 16.5 Å². The third-order valence-corrected chi connectivity index (χ3v) is 7.82. The van der Waals surface area contributed by atoms with E-state index < -0.39 is 21.7 Å². The number of aromatic nitrogens is 1. The molecule has 0 saturated heterocycles. The van der Waals surface area contributed by atoms with Gasteiger partial charge in [-0.1, -0.05) is 30.3 Å². The van der Waals surface area contributed by atoms with Crippen molar-refractivity contribution in [2.24, 2.45) is 0 Å². The van der Waals surface area contributed by atoms with Crippen LogP contribution < -0.4 is 10.0 Å². The first-order valence-corrected chi connectivity index (χ1v) is 12.9. The molecule has 10 heteroatoms. The molecule has 33 heavy (non-hydrogen) atoms. The van der Waals surface area contributed by atoms with E-state index in [1.807, 2.05) is 18.2 Å². The highest BCUT2D eigenvalue weighted by Crippen LogP contribution is 2.29. The number of sulfonamides is 1. The van der Waals surface area contributed by atoms with Crippen molar-refractivity contribution >= 4 is 32.4 Å². The molecule has 1 aromatic heterocycles. The van der Waals surface area contributed by atoms with E-state index in [2.05, 4.69) is 32.1 Å². The third kappa shape index (κ3) is 5.64. The van der Waals surface area contributed by atoms with Gasteiger partial charge in [-0.2, -0.15) is 0 Å². The Hall–Kier alpha value is -2.66. The van der Waals surface area contributed by atoms with Crippen LogP contribution in [0.4, 0.5) is 9.52 Å². The minimum atomic E-state index is -3.85. The number of amides is 1. The van der Waals surface area contributed by atoms with Crippen LogP contribution in [0, 0.1) is 5.82 Å². The van der Waals surface area contributed by atoms with E-state index in [4.69, 9.17) is 0 Å². The number of nitrogens with zero attached hydrogens (tertiary/aromatic N) is 2. The highest BCUT2D eigenvalue weighted by Gasteiger charge is 2.24. The van der Waals surface area contributed by atoms with Gasteiger partial charge in [0.2, 0.25) is 10.0 Å². The molecule has 0 saturated carbocycles. The Balaban J connectivity index is 1.48. The lowest BCUT2D eigenvalue weighted by molar-refractivity contribution is 0.102. The molecular formula is C23H25FN4O3S2. The number of hydrogen-bond donors (Lipinski definition) is 2. The van der Waals surface area contributed by atoms with Gasteiger partial charge in [-0.3, -0.25) is 15.0 Å². The molecule has 3 aromatic rings. The maximum absolute atomic E-state index is 14.4. The molecule has 7 nitrogen and oxygen atoms in total. The van der Waals surface area contributed by atoms with E-state index in [9.17, 15) is 17.6 Å². The van der Waals surface area contributed by atoms with Crippen LogP contribution in [0.25, 0.3) is 0 Å². The van der Waals surface area contributed by atoms with Crippen LogP contribution in [0.15, 0.2) is 53.4 Å². The predicted octanol–water partition coefficient (Wildman–Crippen LogP) is 3.78. The number of hydrogen-bond acceptors (Lipinski definition) is 6. The summed E-state index contributed by atoms with van der Waals surface area (Å²) in [7, 11) is -3.85. The zero-order valence-electron chi connectivity index (χ0n) is 18.3. The molecule has 2 N–H and O–H groups in total. The summed E-state index contributed by atoms with van der Waals surface area (Å²) in [5.41, 5.74) is 1.81. The minimum Gasteiger partial charge on any atom is -0.298 e. The molecule has 4 rings (SSSR count). The Kier molecular flexibility index (Phi) is 6.89.